The predicted octanol–water partition coefficient (Wildman–Crippen LogP) is 2.68. The van der Waals surface area contributed by atoms with Crippen molar-refractivity contribution in [1.82, 2.24) is 9.34 Å². The molecule has 0 aliphatic rings. The van der Waals surface area contributed by atoms with Crippen LogP contribution in [-0.4, -0.2) is 50.1 Å². The zero-order chi connectivity index (χ0) is 15.3. The minimum absolute atomic E-state index is 0.308. The van der Waals surface area contributed by atoms with Gasteiger partial charge in [-0.25, -0.2) is 14.1 Å². The molecule has 0 saturated heterocycles. The summed E-state index contributed by atoms with van der Waals surface area (Å²) in [7, 11) is 4.43. The zero-order valence-electron chi connectivity index (χ0n) is 12.8. The summed E-state index contributed by atoms with van der Waals surface area (Å²) in [6.45, 7) is 2.09. The smallest absolute Gasteiger partial charge is 0.338 e. The van der Waals surface area contributed by atoms with Gasteiger partial charge in [0.25, 0.3) is 0 Å². The van der Waals surface area contributed by atoms with E-state index in [1.165, 1.54) is 0 Å². The Morgan fingerprint density at radius 3 is 2.20 bits per heavy atom. The minimum Gasteiger partial charge on any atom is -0.462 e. The molecule has 1 rings (SSSR count). The highest BCUT2D eigenvalue weighted by atomic mass is 31.2. The van der Waals surface area contributed by atoms with Gasteiger partial charge in [-0.3, -0.25) is 4.57 Å². The lowest BCUT2D eigenvalue weighted by Crippen LogP contribution is -2.23. The Hall–Kier alpha value is -1.16. The largest absolute Gasteiger partial charge is 0.462 e. The van der Waals surface area contributed by atoms with Gasteiger partial charge in [0.05, 0.1) is 18.3 Å². The van der Waals surface area contributed by atoms with Crippen molar-refractivity contribution < 1.29 is 14.1 Å². The molecule has 0 radical (unpaired) electrons. The summed E-state index contributed by atoms with van der Waals surface area (Å²) in [4.78, 5) is 12.0. The fraction of sp³-hybridized carbons (Fsp3) is 0.500. The van der Waals surface area contributed by atoms with E-state index in [4.69, 9.17) is 4.74 Å². The van der Waals surface area contributed by atoms with E-state index in [-0.39, 0.29) is 5.97 Å². The monoisotopic (exact) mass is 298 g/mol. The van der Waals surface area contributed by atoms with Crippen molar-refractivity contribution in [3.63, 3.8) is 0 Å². The van der Waals surface area contributed by atoms with Gasteiger partial charge < -0.3 is 4.74 Å². The Kier molecular flexibility index (Phi) is 5.93. The summed E-state index contributed by atoms with van der Waals surface area (Å²) in [5.41, 5.74) is 1.23. The van der Waals surface area contributed by atoms with Crippen molar-refractivity contribution >= 4 is 13.4 Å². The first kappa shape index (κ1) is 16.9. The third-order valence-corrected chi connectivity index (χ3v) is 6.39. The molecule has 0 amide bonds. The molecular weight excluding hydrogens is 275 g/mol. The number of carbonyl (C=O) groups is 1. The molecule has 0 aliphatic carbocycles. The summed E-state index contributed by atoms with van der Waals surface area (Å²) >= 11 is 0. The SMILES string of the molecule is CCOC(=O)c1ccccc1CP(=O)(N(C)C)N(C)C. The van der Waals surface area contributed by atoms with Crippen LogP contribution in [0.25, 0.3) is 0 Å². The number of ether oxygens (including phenoxy) is 1. The first-order valence-electron chi connectivity index (χ1n) is 6.52. The van der Waals surface area contributed by atoms with Crippen LogP contribution in [0.5, 0.6) is 0 Å². The summed E-state index contributed by atoms with van der Waals surface area (Å²) < 4.78 is 21.5. The lowest BCUT2D eigenvalue weighted by Gasteiger charge is -2.31. The zero-order valence-corrected chi connectivity index (χ0v) is 13.7. The topological polar surface area (TPSA) is 49.9 Å². The molecule has 6 heteroatoms. The van der Waals surface area contributed by atoms with Gasteiger partial charge in [0, 0.05) is 0 Å². The normalized spacial score (nSPS) is 11.9. The van der Waals surface area contributed by atoms with Crippen molar-refractivity contribution in [3.05, 3.63) is 35.4 Å². The van der Waals surface area contributed by atoms with Crippen LogP contribution in [0, 0.1) is 0 Å². The summed E-state index contributed by atoms with van der Waals surface area (Å²) in [5.74, 6) is -0.368. The Bertz CT molecular complexity index is 503. The second-order valence-electron chi connectivity index (χ2n) is 4.89. The fourth-order valence-corrected chi connectivity index (χ4v) is 3.93. The van der Waals surface area contributed by atoms with Crippen molar-refractivity contribution in [2.45, 2.75) is 13.1 Å². The highest BCUT2D eigenvalue weighted by Crippen LogP contribution is 2.52. The molecule has 1 aromatic rings. The molecule has 0 fully saturated rings. The quantitative estimate of drug-likeness (QED) is 0.597. The number of nitrogens with zero attached hydrogens (tertiary/aromatic N) is 2. The third-order valence-electron chi connectivity index (χ3n) is 3.14. The summed E-state index contributed by atoms with van der Waals surface area (Å²) in [6, 6.07) is 7.16. The number of benzene rings is 1. The van der Waals surface area contributed by atoms with Gasteiger partial charge in [-0.05, 0) is 46.7 Å². The Balaban J connectivity index is 3.15. The third kappa shape index (κ3) is 3.69. The molecule has 1 aromatic carbocycles. The molecule has 0 atom stereocenters. The molecule has 20 heavy (non-hydrogen) atoms. The van der Waals surface area contributed by atoms with E-state index in [9.17, 15) is 9.36 Å². The Morgan fingerprint density at radius 1 is 1.15 bits per heavy atom. The highest BCUT2D eigenvalue weighted by molar-refractivity contribution is 7.58. The van der Waals surface area contributed by atoms with Gasteiger partial charge in [0.2, 0.25) is 7.44 Å². The first-order chi connectivity index (χ1) is 9.32. The van der Waals surface area contributed by atoms with Crippen LogP contribution >= 0.6 is 7.44 Å². The van der Waals surface area contributed by atoms with E-state index in [2.05, 4.69) is 0 Å². The molecule has 5 nitrogen and oxygen atoms in total. The van der Waals surface area contributed by atoms with E-state index < -0.39 is 7.44 Å². The van der Waals surface area contributed by atoms with Crippen molar-refractivity contribution in [2.24, 2.45) is 0 Å². The van der Waals surface area contributed by atoms with Gasteiger partial charge in [0.15, 0.2) is 0 Å². The molecule has 0 unspecified atom stereocenters. The van der Waals surface area contributed by atoms with Crippen molar-refractivity contribution in [2.75, 3.05) is 34.8 Å². The molecule has 0 bridgehead atoms. The molecule has 112 valence electrons. The molecule has 0 saturated carbocycles. The van der Waals surface area contributed by atoms with Gasteiger partial charge in [0.1, 0.15) is 0 Å². The fourth-order valence-electron chi connectivity index (χ4n) is 1.93. The minimum atomic E-state index is -2.71. The molecule has 0 N–H and O–H groups in total. The average Bonchev–Trinajstić information content (AvgIpc) is 2.39. The number of carbonyl (C=O) groups excluding carboxylic acids is 1. The van der Waals surface area contributed by atoms with Gasteiger partial charge in [-0.1, -0.05) is 18.2 Å². The van der Waals surface area contributed by atoms with Crippen LogP contribution in [0.15, 0.2) is 24.3 Å². The second kappa shape index (κ2) is 7.02. The number of hydrogen-bond acceptors (Lipinski definition) is 3. The maximum Gasteiger partial charge on any atom is 0.338 e. The molecule has 0 aromatic heterocycles. The maximum atomic E-state index is 13.0. The lowest BCUT2D eigenvalue weighted by atomic mass is 10.1. The van der Waals surface area contributed by atoms with Gasteiger partial charge >= 0.3 is 5.97 Å². The van der Waals surface area contributed by atoms with Gasteiger partial charge in [-0.15, -0.1) is 0 Å². The number of hydrogen-bond donors (Lipinski definition) is 0. The average molecular weight is 298 g/mol. The first-order valence-corrected chi connectivity index (χ1v) is 8.32. The molecule has 0 spiro atoms. The van der Waals surface area contributed by atoms with E-state index >= 15 is 0 Å². The number of rotatable bonds is 6. The maximum absolute atomic E-state index is 13.0. The summed E-state index contributed by atoms with van der Waals surface area (Å²) in [6.07, 6.45) is 0.308. The lowest BCUT2D eigenvalue weighted by molar-refractivity contribution is 0.0525. The van der Waals surface area contributed by atoms with Crippen LogP contribution in [0.3, 0.4) is 0 Å². The van der Waals surface area contributed by atoms with Crippen molar-refractivity contribution in [3.8, 4) is 0 Å². The van der Waals surface area contributed by atoms with Crippen LogP contribution in [0.4, 0.5) is 0 Å². The van der Waals surface area contributed by atoms with Crippen molar-refractivity contribution in [1.29, 1.82) is 0 Å². The second-order valence-corrected chi connectivity index (χ2v) is 8.14. The van der Waals surface area contributed by atoms with Crippen LogP contribution in [-0.2, 0) is 15.5 Å². The highest BCUT2D eigenvalue weighted by Gasteiger charge is 2.30. The molecule has 0 heterocycles. The summed E-state index contributed by atoms with van der Waals surface area (Å²) in [5, 5.41) is 0. The van der Waals surface area contributed by atoms with Crippen LogP contribution < -0.4 is 0 Å². The van der Waals surface area contributed by atoms with Crippen LogP contribution in [0.1, 0.15) is 22.8 Å². The Labute approximate surface area is 121 Å². The predicted molar refractivity (Wildman–Crippen MR) is 81.1 cm³/mol. The standard InChI is InChI=1S/C14H23N2O3P/c1-6-19-14(17)13-10-8-7-9-12(13)11-20(18,15(2)3)16(4)5/h7-10H,6,11H2,1-5H3. The van der Waals surface area contributed by atoms with E-state index in [1.807, 2.05) is 12.1 Å². The molecule has 0 aliphatic heterocycles. The van der Waals surface area contributed by atoms with E-state index in [0.29, 0.717) is 18.3 Å². The number of esters is 1. The molecular formula is C14H23N2O3P. The van der Waals surface area contributed by atoms with E-state index in [0.717, 1.165) is 5.56 Å². The van der Waals surface area contributed by atoms with Crippen LogP contribution in [0.2, 0.25) is 0 Å². The Morgan fingerprint density at radius 2 is 1.70 bits per heavy atom. The van der Waals surface area contributed by atoms with Gasteiger partial charge in [-0.2, -0.15) is 0 Å². The van der Waals surface area contributed by atoms with E-state index in [1.54, 1.807) is 56.6 Å².